The Bertz CT molecular complexity index is 907. The molecule has 0 bridgehead atoms. The normalized spacial score (nSPS) is 24.4. The number of ether oxygens (including phenoxy) is 1. The zero-order valence-corrected chi connectivity index (χ0v) is 14.9. The van der Waals surface area contributed by atoms with Crippen LogP contribution in [0.25, 0.3) is 0 Å². The lowest BCUT2D eigenvalue weighted by atomic mass is 9.75. The molecule has 1 aliphatic carbocycles. The van der Waals surface area contributed by atoms with Crippen molar-refractivity contribution in [1.29, 1.82) is 0 Å². The number of likely N-dealkylation sites (N-methyl/N-ethyl adjacent to an activating group) is 1. The third-order valence-corrected chi connectivity index (χ3v) is 5.63. The van der Waals surface area contributed by atoms with Gasteiger partial charge >= 0.3 is 0 Å². The van der Waals surface area contributed by atoms with Gasteiger partial charge in [0.25, 0.3) is 5.91 Å². The molecule has 134 valence electrons. The number of aryl methyl sites for hydroxylation is 1. The van der Waals surface area contributed by atoms with E-state index in [1.54, 1.807) is 32.4 Å². The van der Waals surface area contributed by atoms with Gasteiger partial charge in [0.15, 0.2) is 11.4 Å². The van der Waals surface area contributed by atoms with Crippen molar-refractivity contribution in [3.8, 4) is 5.75 Å². The molecule has 5 nitrogen and oxygen atoms in total. The van der Waals surface area contributed by atoms with E-state index in [4.69, 9.17) is 4.74 Å². The molecule has 2 atom stereocenters. The van der Waals surface area contributed by atoms with Crippen LogP contribution < -0.4 is 9.64 Å². The Balaban J connectivity index is 1.68. The molecule has 0 saturated carbocycles. The molecular weight excluding hydrogens is 330 g/mol. The van der Waals surface area contributed by atoms with E-state index < -0.39 is 11.5 Å². The maximum atomic E-state index is 13.0. The van der Waals surface area contributed by atoms with Crippen LogP contribution in [0.1, 0.15) is 34.3 Å². The van der Waals surface area contributed by atoms with E-state index in [9.17, 15) is 14.7 Å². The zero-order valence-electron chi connectivity index (χ0n) is 14.9. The van der Waals surface area contributed by atoms with E-state index in [0.717, 1.165) is 12.0 Å². The number of hydrogen-bond acceptors (Lipinski definition) is 4. The van der Waals surface area contributed by atoms with Crippen LogP contribution in [-0.2, 0) is 16.8 Å². The first-order valence-electron chi connectivity index (χ1n) is 8.77. The number of methoxy groups -OCH3 is 1. The summed E-state index contributed by atoms with van der Waals surface area (Å²) in [6.45, 7) is 0. The van der Waals surface area contributed by atoms with E-state index in [-0.39, 0.29) is 18.1 Å². The molecule has 1 amide bonds. The highest BCUT2D eigenvalue weighted by Crippen LogP contribution is 2.45. The van der Waals surface area contributed by atoms with Crippen molar-refractivity contribution in [3.05, 3.63) is 59.2 Å². The smallest absolute Gasteiger partial charge is 0.263 e. The molecule has 5 heteroatoms. The minimum Gasteiger partial charge on any atom is -0.497 e. The quantitative estimate of drug-likeness (QED) is 0.923. The summed E-state index contributed by atoms with van der Waals surface area (Å²) in [5, 5.41) is 11.2. The summed E-state index contributed by atoms with van der Waals surface area (Å²) < 4.78 is 5.23. The predicted octanol–water partition coefficient (Wildman–Crippen LogP) is 2.69. The molecular formula is C21H21NO4. The molecule has 2 aromatic rings. The van der Waals surface area contributed by atoms with Crippen LogP contribution in [0, 0.1) is 5.92 Å². The standard InChI is InChI=1S/C21H21NO4/c1-22-18-6-4-3-5-17(18)21(25,20(22)24)12-14-8-7-13-9-10-15(26-2)11-16(13)19(14)23/h3-6,9-11,14,25H,7-8,12H2,1-2H3/t14-,21-/m1/s1. The lowest BCUT2D eigenvalue weighted by Gasteiger charge is -2.30. The summed E-state index contributed by atoms with van der Waals surface area (Å²) in [5.74, 6) is -0.164. The molecule has 0 aromatic heterocycles. The number of para-hydroxylation sites is 1. The number of ketones is 1. The lowest BCUT2D eigenvalue weighted by molar-refractivity contribution is -0.137. The largest absolute Gasteiger partial charge is 0.497 e. The van der Waals surface area contributed by atoms with E-state index in [1.165, 1.54) is 4.90 Å². The van der Waals surface area contributed by atoms with Crippen molar-refractivity contribution >= 4 is 17.4 Å². The number of fused-ring (bicyclic) bond motifs is 2. The predicted molar refractivity (Wildman–Crippen MR) is 97.5 cm³/mol. The number of anilines is 1. The van der Waals surface area contributed by atoms with Crippen molar-refractivity contribution < 1.29 is 19.4 Å². The highest BCUT2D eigenvalue weighted by atomic mass is 16.5. The summed E-state index contributed by atoms with van der Waals surface area (Å²) in [6, 6.07) is 12.7. The molecule has 0 spiro atoms. The molecule has 1 aliphatic heterocycles. The van der Waals surface area contributed by atoms with Gasteiger partial charge in [-0.25, -0.2) is 0 Å². The topological polar surface area (TPSA) is 66.8 Å². The monoisotopic (exact) mass is 351 g/mol. The number of nitrogens with zero attached hydrogens (tertiary/aromatic N) is 1. The number of aliphatic hydroxyl groups is 1. The van der Waals surface area contributed by atoms with Gasteiger partial charge in [-0.1, -0.05) is 24.3 Å². The maximum Gasteiger partial charge on any atom is 0.263 e. The molecule has 0 saturated heterocycles. The van der Waals surface area contributed by atoms with Gasteiger partial charge in [-0.2, -0.15) is 0 Å². The van der Waals surface area contributed by atoms with Crippen LogP contribution in [0.4, 0.5) is 5.69 Å². The van der Waals surface area contributed by atoms with Gasteiger partial charge in [-0.3, -0.25) is 9.59 Å². The first-order valence-corrected chi connectivity index (χ1v) is 8.77. The van der Waals surface area contributed by atoms with Crippen LogP contribution in [0.2, 0.25) is 0 Å². The molecule has 1 N–H and O–H groups in total. The average molecular weight is 351 g/mol. The van der Waals surface area contributed by atoms with Crippen molar-refractivity contribution in [2.45, 2.75) is 24.9 Å². The summed E-state index contributed by atoms with van der Waals surface area (Å²) in [5.41, 5.74) is 1.26. The van der Waals surface area contributed by atoms with Crippen LogP contribution in [0.15, 0.2) is 42.5 Å². The molecule has 26 heavy (non-hydrogen) atoms. The van der Waals surface area contributed by atoms with Crippen LogP contribution in [-0.4, -0.2) is 31.0 Å². The second kappa shape index (κ2) is 5.95. The number of rotatable bonds is 3. The number of benzene rings is 2. The fraction of sp³-hybridized carbons (Fsp3) is 0.333. The van der Waals surface area contributed by atoms with Crippen molar-refractivity contribution in [3.63, 3.8) is 0 Å². The first kappa shape index (κ1) is 16.8. The van der Waals surface area contributed by atoms with Gasteiger partial charge in [-0.05, 0) is 43.0 Å². The van der Waals surface area contributed by atoms with Gasteiger partial charge < -0.3 is 14.7 Å². The molecule has 1 heterocycles. The number of carbonyl (C=O) groups is 2. The Labute approximate surface area is 152 Å². The van der Waals surface area contributed by atoms with E-state index in [0.29, 0.717) is 29.0 Å². The van der Waals surface area contributed by atoms with Crippen LogP contribution >= 0.6 is 0 Å². The Morgan fingerprint density at radius 1 is 1.23 bits per heavy atom. The Morgan fingerprint density at radius 3 is 2.77 bits per heavy atom. The second-order valence-corrected chi connectivity index (χ2v) is 7.07. The lowest BCUT2D eigenvalue weighted by Crippen LogP contribution is -2.42. The Kier molecular flexibility index (Phi) is 3.84. The number of Topliss-reactive ketones (excluding diaryl/α,β-unsaturated/α-hetero) is 1. The Morgan fingerprint density at radius 2 is 2.00 bits per heavy atom. The van der Waals surface area contributed by atoms with E-state index in [2.05, 4.69) is 0 Å². The first-order chi connectivity index (χ1) is 12.5. The van der Waals surface area contributed by atoms with Crippen molar-refractivity contribution in [1.82, 2.24) is 0 Å². The average Bonchev–Trinajstić information content (AvgIpc) is 2.86. The summed E-state index contributed by atoms with van der Waals surface area (Å²) in [6.07, 6.45) is 1.47. The van der Waals surface area contributed by atoms with Crippen LogP contribution in [0.3, 0.4) is 0 Å². The molecule has 2 aliphatic rings. The fourth-order valence-electron chi connectivity index (χ4n) is 4.18. The molecule has 2 aromatic carbocycles. The molecule has 0 unspecified atom stereocenters. The number of carbonyl (C=O) groups excluding carboxylic acids is 2. The van der Waals surface area contributed by atoms with E-state index in [1.807, 2.05) is 24.3 Å². The highest BCUT2D eigenvalue weighted by Gasteiger charge is 2.50. The van der Waals surface area contributed by atoms with E-state index >= 15 is 0 Å². The third-order valence-electron chi connectivity index (χ3n) is 5.63. The van der Waals surface area contributed by atoms with Crippen molar-refractivity contribution in [2.24, 2.45) is 5.92 Å². The second-order valence-electron chi connectivity index (χ2n) is 7.07. The highest BCUT2D eigenvalue weighted by molar-refractivity contribution is 6.07. The number of amides is 1. The van der Waals surface area contributed by atoms with Gasteiger partial charge in [0.2, 0.25) is 0 Å². The molecule has 4 rings (SSSR count). The molecule has 0 fully saturated rings. The Hall–Kier alpha value is -2.66. The maximum absolute atomic E-state index is 13.0. The summed E-state index contributed by atoms with van der Waals surface area (Å²) in [4.78, 5) is 27.3. The summed E-state index contributed by atoms with van der Waals surface area (Å²) >= 11 is 0. The van der Waals surface area contributed by atoms with Gasteiger partial charge in [0, 0.05) is 24.1 Å². The van der Waals surface area contributed by atoms with Gasteiger partial charge in [0.1, 0.15) is 5.75 Å². The molecule has 0 radical (unpaired) electrons. The number of hydrogen-bond donors (Lipinski definition) is 1. The minimum absolute atomic E-state index is 0.0293. The van der Waals surface area contributed by atoms with Gasteiger partial charge in [0.05, 0.1) is 12.8 Å². The third kappa shape index (κ3) is 2.35. The van der Waals surface area contributed by atoms with Crippen molar-refractivity contribution in [2.75, 3.05) is 19.1 Å². The fourth-order valence-corrected chi connectivity index (χ4v) is 4.18. The summed E-state index contributed by atoms with van der Waals surface area (Å²) in [7, 11) is 3.22. The van der Waals surface area contributed by atoms with Gasteiger partial charge in [-0.15, -0.1) is 0 Å². The SMILES string of the molecule is COc1ccc2c(c1)C(=O)[C@@H](C[C@]1(O)C(=O)N(C)c3ccccc31)CC2. The minimum atomic E-state index is -1.65. The zero-order chi connectivity index (χ0) is 18.5. The van der Waals surface area contributed by atoms with Crippen LogP contribution in [0.5, 0.6) is 5.75 Å².